The van der Waals surface area contributed by atoms with Crippen LogP contribution in [0.25, 0.3) is 5.69 Å². The van der Waals surface area contributed by atoms with E-state index in [1.807, 2.05) is 0 Å². The predicted molar refractivity (Wildman–Crippen MR) is 66.9 cm³/mol. The first-order valence-electron chi connectivity index (χ1n) is 5.97. The summed E-state index contributed by atoms with van der Waals surface area (Å²) in [6, 6.07) is 1.12. The van der Waals surface area contributed by atoms with Gasteiger partial charge in [0.05, 0.1) is 0 Å². The van der Waals surface area contributed by atoms with Gasteiger partial charge in [0.1, 0.15) is 17.3 Å². The molecule has 0 saturated heterocycles. The number of hydrogen-bond donors (Lipinski definition) is 1. The Morgan fingerprint density at radius 3 is 2.38 bits per heavy atom. The van der Waals surface area contributed by atoms with Gasteiger partial charge in [-0.1, -0.05) is 20.8 Å². The van der Waals surface area contributed by atoms with Crippen molar-refractivity contribution in [3.8, 4) is 5.69 Å². The molecule has 21 heavy (non-hydrogen) atoms. The number of benzene rings is 1. The van der Waals surface area contributed by atoms with Crippen LogP contribution >= 0.6 is 0 Å². The fourth-order valence-electron chi connectivity index (χ4n) is 1.75. The Morgan fingerprint density at radius 1 is 1.24 bits per heavy atom. The Bertz CT molecular complexity index is 720. The molecule has 0 saturated carbocycles. The third-order valence-corrected chi connectivity index (χ3v) is 2.67. The predicted octanol–water partition coefficient (Wildman–Crippen LogP) is 2.68. The van der Waals surface area contributed by atoms with Gasteiger partial charge in [-0.25, -0.2) is 27.6 Å². The molecule has 1 N–H and O–H groups in total. The molecule has 0 radical (unpaired) electrons. The third kappa shape index (κ3) is 2.74. The van der Waals surface area contributed by atoms with Gasteiger partial charge in [0, 0.05) is 17.5 Å². The van der Waals surface area contributed by atoms with Gasteiger partial charge in [0.25, 0.3) is 5.82 Å². The molecule has 2 rings (SSSR count). The van der Waals surface area contributed by atoms with Crippen LogP contribution in [0.1, 0.15) is 37.2 Å². The Kier molecular flexibility index (Phi) is 3.48. The monoisotopic (exact) mass is 299 g/mol. The van der Waals surface area contributed by atoms with Gasteiger partial charge >= 0.3 is 5.97 Å². The summed E-state index contributed by atoms with van der Waals surface area (Å²) in [7, 11) is 0. The van der Waals surface area contributed by atoms with Crippen LogP contribution in [0.3, 0.4) is 0 Å². The van der Waals surface area contributed by atoms with Gasteiger partial charge in [-0.2, -0.15) is 0 Å². The minimum absolute atomic E-state index is 0.0730. The lowest BCUT2D eigenvalue weighted by Crippen LogP contribution is -2.20. The highest BCUT2D eigenvalue weighted by Crippen LogP contribution is 2.26. The molecule has 112 valence electrons. The maximum absolute atomic E-state index is 13.9. The first-order chi connectivity index (χ1) is 9.61. The van der Waals surface area contributed by atoms with Gasteiger partial charge in [-0.3, -0.25) is 0 Å². The smallest absolute Gasteiger partial charge is 0.375 e. The summed E-state index contributed by atoms with van der Waals surface area (Å²) in [6.45, 7) is 5.06. The van der Waals surface area contributed by atoms with Crippen LogP contribution in [-0.2, 0) is 5.41 Å². The summed E-state index contributed by atoms with van der Waals surface area (Å²) < 4.78 is 41.3. The van der Waals surface area contributed by atoms with E-state index in [2.05, 4.69) is 10.1 Å². The summed E-state index contributed by atoms with van der Waals surface area (Å²) in [5.74, 6) is -5.65. The second-order valence-electron chi connectivity index (χ2n) is 5.45. The zero-order chi connectivity index (χ0) is 15.9. The van der Waals surface area contributed by atoms with Gasteiger partial charge in [0.15, 0.2) is 11.6 Å². The topological polar surface area (TPSA) is 68.0 Å². The molecule has 0 unspecified atom stereocenters. The van der Waals surface area contributed by atoms with Gasteiger partial charge in [-0.05, 0) is 0 Å². The van der Waals surface area contributed by atoms with Crippen molar-refractivity contribution in [2.75, 3.05) is 0 Å². The van der Waals surface area contributed by atoms with Crippen molar-refractivity contribution in [1.29, 1.82) is 0 Å². The lowest BCUT2D eigenvalue weighted by Gasteiger charge is -2.18. The molecule has 0 aliphatic carbocycles. The Labute approximate surface area is 118 Å². The third-order valence-electron chi connectivity index (χ3n) is 2.67. The molecule has 1 aromatic carbocycles. The van der Waals surface area contributed by atoms with Crippen molar-refractivity contribution in [2.24, 2.45) is 0 Å². The summed E-state index contributed by atoms with van der Waals surface area (Å²) in [6.07, 6.45) is 0. The number of carboxylic acid groups (broad SMARTS) is 1. The zero-order valence-electron chi connectivity index (χ0n) is 11.5. The standard InChI is InChI=1S/C13H12F3N3O2/c1-13(2,3)12-17-10(11(20)21)18-19(12)8-5-6(14)4-7(15)9(8)16/h4-5H,1-3H3,(H,20,21). The second-order valence-corrected chi connectivity index (χ2v) is 5.45. The lowest BCUT2D eigenvalue weighted by atomic mass is 9.95. The lowest BCUT2D eigenvalue weighted by molar-refractivity contribution is 0.0683. The molecule has 8 heteroatoms. The van der Waals surface area contributed by atoms with E-state index in [9.17, 15) is 18.0 Å². The minimum Gasteiger partial charge on any atom is -0.475 e. The number of halogens is 3. The molecule has 5 nitrogen and oxygen atoms in total. The average molecular weight is 299 g/mol. The zero-order valence-corrected chi connectivity index (χ0v) is 11.5. The van der Waals surface area contributed by atoms with E-state index in [1.54, 1.807) is 20.8 Å². The van der Waals surface area contributed by atoms with Crippen molar-refractivity contribution in [3.63, 3.8) is 0 Å². The number of hydrogen-bond acceptors (Lipinski definition) is 3. The average Bonchev–Trinajstić information content (AvgIpc) is 2.78. The quantitative estimate of drug-likeness (QED) is 0.866. The van der Waals surface area contributed by atoms with Crippen molar-refractivity contribution >= 4 is 5.97 Å². The normalized spacial score (nSPS) is 11.7. The maximum atomic E-state index is 13.9. The molecule has 0 amide bonds. The van der Waals surface area contributed by atoms with Crippen LogP contribution in [0.15, 0.2) is 12.1 Å². The highest BCUT2D eigenvalue weighted by Gasteiger charge is 2.28. The number of aromatic nitrogens is 3. The highest BCUT2D eigenvalue weighted by molar-refractivity contribution is 5.83. The van der Waals surface area contributed by atoms with Crippen LogP contribution in [-0.4, -0.2) is 25.8 Å². The molecule has 0 aliphatic heterocycles. The van der Waals surface area contributed by atoms with Crippen LogP contribution in [0.4, 0.5) is 13.2 Å². The summed E-state index contributed by atoms with van der Waals surface area (Å²) in [5, 5.41) is 12.6. The molecular formula is C13H12F3N3O2. The summed E-state index contributed by atoms with van der Waals surface area (Å²) in [4.78, 5) is 14.8. The number of carboxylic acids is 1. The SMILES string of the molecule is CC(C)(C)c1nc(C(=O)O)nn1-c1cc(F)cc(F)c1F. The molecular weight excluding hydrogens is 287 g/mol. The van der Waals surface area contributed by atoms with Crippen LogP contribution in [0.2, 0.25) is 0 Å². The van der Waals surface area contributed by atoms with E-state index < -0.39 is 40.3 Å². The number of nitrogens with zero attached hydrogens (tertiary/aromatic N) is 3. The fourth-order valence-corrected chi connectivity index (χ4v) is 1.75. The molecule has 0 aliphatic rings. The number of aromatic carboxylic acids is 1. The van der Waals surface area contributed by atoms with Crippen molar-refractivity contribution in [2.45, 2.75) is 26.2 Å². The van der Waals surface area contributed by atoms with Gasteiger partial charge in [-0.15, -0.1) is 5.10 Å². The first-order valence-corrected chi connectivity index (χ1v) is 5.97. The minimum atomic E-state index is -1.42. The summed E-state index contributed by atoms with van der Waals surface area (Å²) >= 11 is 0. The highest BCUT2D eigenvalue weighted by atomic mass is 19.2. The van der Waals surface area contributed by atoms with E-state index in [0.717, 1.165) is 10.7 Å². The maximum Gasteiger partial charge on any atom is 0.375 e. The Balaban J connectivity index is 2.77. The molecule has 1 aromatic heterocycles. The van der Waals surface area contributed by atoms with Crippen LogP contribution in [0, 0.1) is 17.5 Å². The molecule has 2 aromatic rings. The Hall–Kier alpha value is -2.38. The van der Waals surface area contributed by atoms with E-state index in [0.29, 0.717) is 6.07 Å². The van der Waals surface area contributed by atoms with E-state index in [1.165, 1.54) is 0 Å². The van der Waals surface area contributed by atoms with Gasteiger partial charge < -0.3 is 5.11 Å². The molecule has 0 fully saturated rings. The van der Waals surface area contributed by atoms with Crippen molar-refractivity contribution in [1.82, 2.24) is 14.8 Å². The van der Waals surface area contributed by atoms with Crippen LogP contribution in [0.5, 0.6) is 0 Å². The Morgan fingerprint density at radius 2 is 1.86 bits per heavy atom. The van der Waals surface area contributed by atoms with Gasteiger partial charge in [0.2, 0.25) is 0 Å². The fraction of sp³-hybridized carbons (Fsp3) is 0.308. The van der Waals surface area contributed by atoms with E-state index in [-0.39, 0.29) is 5.82 Å². The molecule has 0 atom stereocenters. The molecule has 0 bridgehead atoms. The van der Waals surface area contributed by atoms with Crippen molar-refractivity contribution in [3.05, 3.63) is 41.2 Å². The largest absolute Gasteiger partial charge is 0.475 e. The summed E-state index contributed by atoms with van der Waals surface area (Å²) in [5.41, 5.74) is -1.24. The molecule has 0 spiro atoms. The van der Waals surface area contributed by atoms with Crippen LogP contribution < -0.4 is 0 Å². The van der Waals surface area contributed by atoms with Crippen molar-refractivity contribution < 1.29 is 23.1 Å². The van der Waals surface area contributed by atoms with E-state index >= 15 is 0 Å². The number of carbonyl (C=O) groups is 1. The number of rotatable bonds is 2. The molecule has 1 heterocycles. The second kappa shape index (κ2) is 4.87. The van der Waals surface area contributed by atoms with E-state index in [4.69, 9.17) is 5.11 Å². The first kappa shape index (κ1) is 15.0.